The van der Waals surface area contributed by atoms with Gasteiger partial charge in [-0.25, -0.2) is 4.98 Å². The lowest BCUT2D eigenvalue weighted by Gasteiger charge is -2.09. The maximum absolute atomic E-state index is 12.5. The Labute approximate surface area is 123 Å². The van der Waals surface area contributed by atoms with E-state index >= 15 is 0 Å². The maximum atomic E-state index is 12.5. The van der Waals surface area contributed by atoms with Gasteiger partial charge in [-0.15, -0.1) is 0 Å². The first-order valence-corrected chi connectivity index (χ1v) is 6.30. The highest BCUT2D eigenvalue weighted by Crippen LogP contribution is 2.30. The van der Waals surface area contributed by atoms with Gasteiger partial charge in [-0.05, 0) is 11.6 Å². The Morgan fingerprint density at radius 3 is 2.48 bits per heavy atom. The fourth-order valence-corrected chi connectivity index (χ4v) is 1.87. The zero-order chi connectivity index (χ0) is 15.5. The summed E-state index contributed by atoms with van der Waals surface area (Å²) >= 11 is 5.69. The van der Waals surface area contributed by atoms with Crippen LogP contribution in [0, 0.1) is 0 Å². The first-order valence-electron chi connectivity index (χ1n) is 5.93. The number of hydrogen-bond acceptors (Lipinski definition) is 2. The van der Waals surface area contributed by atoms with E-state index < -0.39 is 17.6 Å². The number of carbonyl (C=O) groups is 1. The van der Waals surface area contributed by atoms with Gasteiger partial charge in [0.2, 0.25) is 0 Å². The number of pyridine rings is 1. The molecule has 1 amide bonds. The van der Waals surface area contributed by atoms with Crippen LogP contribution in [0.25, 0.3) is 0 Å². The number of nitrogens with zero attached hydrogens (tertiary/aromatic N) is 1. The maximum Gasteiger partial charge on any atom is 0.417 e. The van der Waals surface area contributed by atoms with E-state index in [0.29, 0.717) is 12.3 Å². The van der Waals surface area contributed by atoms with Crippen molar-refractivity contribution in [3.63, 3.8) is 0 Å². The average Bonchev–Trinajstić information content (AvgIpc) is 2.45. The lowest BCUT2D eigenvalue weighted by Crippen LogP contribution is -2.24. The van der Waals surface area contributed by atoms with E-state index in [1.165, 1.54) is 0 Å². The number of alkyl halides is 3. The zero-order valence-electron chi connectivity index (χ0n) is 10.6. The van der Waals surface area contributed by atoms with Crippen molar-refractivity contribution >= 4 is 17.5 Å². The van der Waals surface area contributed by atoms with Crippen LogP contribution in [-0.4, -0.2) is 10.9 Å². The minimum atomic E-state index is -4.55. The third-order valence-corrected chi connectivity index (χ3v) is 2.97. The Morgan fingerprint density at radius 2 is 1.90 bits per heavy atom. The minimum Gasteiger partial charge on any atom is -0.347 e. The lowest BCUT2D eigenvalue weighted by molar-refractivity contribution is -0.137. The van der Waals surface area contributed by atoms with Gasteiger partial charge in [0, 0.05) is 12.7 Å². The predicted molar refractivity (Wildman–Crippen MR) is 71.9 cm³/mol. The van der Waals surface area contributed by atoms with Gasteiger partial charge in [-0.3, -0.25) is 4.79 Å². The molecule has 0 aliphatic carbocycles. The second-order valence-electron chi connectivity index (χ2n) is 4.22. The Balaban J connectivity index is 2.09. The quantitative estimate of drug-likeness (QED) is 0.939. The van der Waals surface area contributed by atoms with Gasteiger partial charge in [-0.1, -0.05) is 41.9 Å². The largest absolute Gasteiger partial charge is 0.417 e. The summed E-state index contributed by atoms with van der Waals surface area (Å²) in [4.78, 5) is 15.4. The molecule has 0 spiro atoms. The van der Waals surface area contributed by atoms with Crippen LogP contribution in [0.3, 0.4) is 0 Å². The zero-order valence-corrected chi connectivity index (χ0v) is 11.4. The monoisotopic (exact) mass is 314 g/mol. The van der Waals surface area contributed by atoms with Crippen molar-refractivity contribution in [2.75, 3.05) is 0 Å². The van der Waals surface area contributed by atoms with Gasteiger partial charge >= 0.3 is 6.18 Å². The first kappa shape index (κ1) is 15.3. The van der Waals surface area contributed by atoms with Gasteiger partial charge < -0.3 is 5.32 Å². The third kappa shape index (κ3) is 3.95. The van der Waals surface area contributed by atoms with Crippen molar-refractivity contribution in [2.24, 2.45) is 0 Å². The van der Waals surface area contributed by atoms with Gasteiger partial charge in [0.05, 0.1) is 10.6 Å². The molecule has 0 saturated heterocycles. The smallest absolute Gasteiger partial charge is 0.347 e. The molecule has 1 heterocycles. The summed E-state index contributed by atoms with van der Waals surface area (Å²) in [6.45, 7) is 0.235. The molecule has 7 heteroatoms. The molecule has 0 aliphatic heterocycles. The van der Waals surface area contributed by atoms with Gasteiger partial charge in [0.25, 0.3) is 5.91 Å². The number of carbonyl (C=O) groups excluding carboxylic acids is 1. The van der Waals surface area contributed by atoms with Crippen molar-refractivity contribution in [3.8, 4) is 0 Å². The summed E-state index contributed by atoms with van der Waals surface area (Å²) < 4.78 is 37.4. The van der Waals surface area contributed by atoms with E-state index in [2.05, 4.69) is 10.3 Å². The van der Waals surface area contributed by atoms with Gasteiger partial charge in [-0.2, -0.15) is 13.2 Å². The molecule has 2 aromatic rings. The molecule has 1 aromatic heterocycles. The van der Waals surface area contributed by atoms with Gasteiger partial charge in [0.15, 0.2) is 0 Å². The highest BCUT2D eigenvalue weighted by Gasteiger charge is 2.32. The summed E-state index contributed by atoms with van der Waals surface area (Å²) in [5.74, 6) is -0.627. The van der Waals surface area contributed by atoms with Crippen LogP contribution in [0.5, 0.6) is 0 Å². The Bertz CT molecular complexity index is 644. The molecule has 0 bridgehead atoms. The molecule has 2 rings (SSSR count). The van der Waals surface area contributed by atoms with Crippen LogP contribution >= 0.6 is 11.6 Å². The van der Waals surface area contributed by atoms with E-state index in [0.717, 1.165) is 5.56 Å². The van der Waals surface area contributed by atoms with E-state index in [-0.39, 0.29) is 17.3 Å². The molecule has 21 heavy (non-hydrogen) atoms. The van der Waals surface area contributed by atoms with Crippen molar-refractivity contribution in [1.82, 2.24) is 10.3 Å². The summed E-state index contributed by atoms with van der Waals surface area (Å²) in [6.07, 6.45) is -3.96. The summed E-state index contributed by atoms with van der Waals surface area (Å²) in [7, 11) is 0. The van der Waals surface area contributed by atoms with Crippen molar-refractivity contribution in [2.45, 2.75) is 12.7 Å². The molecule has 1 N–H and O–H groups in total. The Kier molecular flexibility index (Phi) is 4.47. The van der Waals surface area contributed by atoms with Crippen LogP contribution in [0.4, 0.5) is 13.2 Å². The average molecular weight is 315 g/mol. The van der Waals surface area contributed by atoms with E-state index in [1.807, 2.05) is 30.3 Å². The summed E-state index contributed by atoms with van der Waals surface area (Å²) in [6, 6.07) is 9.76. The normalized spacial score (nSPS) is 11.2. The number of aromatic nitrogens is 1. The highest BCUT2D eigenvalue weighted by atomic mass is 35.5. The number of benzene rings is 1. The van der Waals surface area contributed by atoms with Crippen molar-refractivity contribution < 1.29 is 18.0 Å². The van der Waals surface area contributed by atoms with Gasteiger partial charge in [0.1, 0.15) is 5.69 Å². The number of nitrogens with one attached hydrogen (secondary N) is 1. The molecule has 0 atom stereocenters. The van der Waals surface area contributed by atoms with E-state index in [4.69, 9.17) is 11.6 Å². The SMILES string of the molecule is O=C(NCc1ccccc1)c1ncc(C(F)(F)F)cc1Cl. The number of rotatable bonds is 3. The molecular formula is C14H10ClF3N2O. The second-order valence-corrected chi connectivity index (χ2v) is 4.63. The van der Waals surface area contributed by atoms with Crippen LogP contribution < -0.4 is 5.32 Å². The lowest BCUT2D eigenvalue weighted by atomic mass is 10.2. The Morgan fingerprint density at radius 1 is 1.24 bits per heavy atom. The van der Waals surface area contributed by atoms with Crippen molar-refractivity contribution in [3.05, 3.63) is 64.4 Å². The number of amides is 1. The van der Waals surface area contributed by atoms with E-state index in [9.17, 15) is 18.0 Å². The molecule has 0 aliphatic rings. The fraction of sp³-hybridized carbons (Fsp3) is 0.143. The fourth-order valence-electron chi connectivity index (χ4n) is 1.62. The molecule has 1 aromatic carbocycles. The Hall–Kier alpha value is -2.08. The van der Waals surface area contributed by atoms with Crippen LogP contribution in [0.2, 0.25) is 5.02 Å². The summed E-state index contributed by atoms with van der Waals surface area (Å²) in [5.41, 5.74) is -0.374. The third-order valence-electron chi connectivity index (χ3n) is 2.68. The van der Waals surface area contributed by atoms with Crippen LogP contribution in [-0.2, 0) is 12.7 Å². The first-order chi connectivity index (χ1) is 9.88. The predicted octanol–water partition coefficient (Wildman–Crippen LogP) is 3.68. The molecular weight excluding hydrogens is 305 g/mol. The standard InChI is InChI=1S/C14H10ClF3N2O/c15-11-6-10(14(16,17)18)8-19-12(11)13(21)20-7-9-4-2-1-3-5-9/h1-6,8H,7H2,(H,20,21). The number of halogens is 4. The van der Waals surface area contributed by atoms with E-state index in [1.54, 1.807) is 0 Å². The number of hydrogen-bond donors (Lipinski definition) is 1. The molecule has 0 saturated carbocycles. The molecule has 0 unspecified atom stereocenters. The molecule has 0 radical (unpaired) electrons. The second kappa shape index (κ2) is 6.13. The molecule has 0 fully saturated rings. The van der Waals surface area contributed by atoms with Crippen LogP contribution in [0.15, 0.2) is 42.6 Å². The van der Waals surface area contributed by atoms with Crippen molar-refractivity contribution in [1.29, 1.82) is 0 Å². The topological polar surface area (TPSA) is 42.0 Å². The van der Waals surface area contributed by atoms with Crippen LogP contribution in [0.1, 0.15) is 21.6 Å². The minimum absolute atomic E-state index is 0.235. The summed E-state index contributed by atoms with van der Waals surface area (Å²) in [5, 5.41) is 2.21. The molecule has 3 nitrogen and oxygen atoms in total. The highest BCUT2D eigenvalue weighted by molar-refractivity contribution is 6.33. The molecule has 110 valence electrons.